The number of methoxy groups -OCH3 is 3. The maximum Gasteiger partial charge on any atom is 0.338 e. The molecule has 0 radical (unpaired) electrons. The first-order valence-electron chi connectivity index (χ1n) is 20.4. The van der Waals surface area contributed by atoms with Crippen LogP contribution < -0.4 is 19.1 Å². The smallest absolute Gasteiger partial charge is 0.338 e. The molecular weight excluding hydrogens is 735 g/mol. The molecule has 58 heavy (non-hydrogen) atoms. The highest BCUT2D eigenvalue weighted by Gasteiger charge is 2.17. The molecule has 0 unspecified atom stereocenters. The zero-order chi connectivity index (χ0) is 41.4. The van der Waals surface area contributed by atoms with E-state index in [1.165, 1.54) is 64.5 Å². The maximum atomic E-state index is 13.2. The highest BCUT2D eigenvalue weighted by Crippen LogP contribution is 2.41. The Hall–Kier alpha value is -5.78. The monoisotopic (exact) mass is 793 g/mol. The summed E-state index contributed by atoms with van der Waals surface area (Å²) in [6.45, 7) is 6.18. The molecule has 0 aliphatic heterocycles. The Bertz CT molecular complexity index is 1900. The SMILES string of the molecule is CCCCCCCCCCCCOc1cc(C(=O)OC)cc(C(=O)OCCN(CCC)c2ccc(N=Nc3cc(OC)c(N=Nc4ccccc4)cc3OC)cc2)c1. The molecule has 0 saturated heterocycles. The number of unbranched alkanes of at least 4 members (excludes halogenated alkanes) is 9. The van der Waals surface area contributed by atoms with Gasteiger partial charge >= 0.3 is 11.9 Å². The molecule has 0 fully saturated rings. The third kappa shape index (κ3) is 14.9. The van der Waals surface area contributed by atoms with Gasteiger partial charge in [0, 0.05) is 24.4 Å². The van der Waals surface area contributed by atoms with Crippen LogP contribution in [-0.2, 0) is 9.47 Å². The molecule has 4 aromatic rings. The summed E-state index contributed by atoms with van der Waals surface area (Å²) >= 11 is 0. The molecule has 0 amide bonds. The number of nitrogens with zero attached hydrogens (tertiary/aromatic N) is 5. The lowest BCUT2D eigenvalue weighted by Gasteiger charge is -2.24. The van der Waals surface area contributed by atoms with Crippen molar-refractivity contribution in [3.05, 3.63) is 96.1 Å². The minimum absolute atomic E-state index is 0.139. The van der Waals surface area contributed by atoms with Crippen molar-refractivity contribution in [3.63, 3.8) is 0 Å². The Morgan fingerprint density at radius 1 is 0.552 bits per heavy atom. The van der Waals surface area contributed by atoms with Gasteiger partial charge in [-0.3, -0.25) is 0 Å². The predicted molar refractivity (Wildman–Crippen MR) is 229 cm³/mol. The van der Waals surface area contributed by atoms with Crippen LogP contribution in [-0.4, -0.2) is 59.6 Å². The largest absolute Gasteiger partial charge is 0.494 e. The van der Waals surface area contributed by atoms with Crippen LogP contribution in [0.4, 0.5) is 28.4 Å². The van der Waals surface area contributed by atoms with Gasteiger partial charge in [0.25, 0.3) is 0 Å². The van der Waals surface area contributed by atoms with Crippen molar-refractivity contribution in [3.8, 4) is 17.2 Å². The number of ether oxygens (including phenoxy) is 5. The zero-order valence-corrected chi connectivity index (χ0v) is 34.8. The average molecular weight is 794 g/mol. The standard InChI is InChI=1S/C46H59N5O7/c1-6-8-9-10-11-12-13-14-15-19-28-57-40-31-35(45(52)56-5)30-36(32-40)46(53)58-29-27-51(26-7-2)39-24-22-38(23-25-39)48-50-42-34-43(54-3)41(33-44(42)55-4)49-47-37-20-17-16-18-21-37/h16-18,20-25,30-34H,6-15,19,26-29H2,1-5H3. The number of hydrogen-bond donors (Lipinski definition) is 0. The molecule has 0 heterocycles. The van der Waals surface area contributed by atoms with Crippen molar-refractivity contribution in [1.29, 1.82) is 0 Å². The fourth-order valence-electron chi connectivity index (χ4n) is 6.26. The number of benzene rings is 4. The van der Waals surface area contributed by atoms with Gasteiger partial charge in [-0.25, -0.2) is 9.59 Å². The topological polar surface area (TPSA) is 133 Å². The molecule has 4 rings (SSSR count). The maximum absolute atomic E-state index is 13.2. The molecule has 12 nitrogen and oxygen atoms in total. The summed E-state index contributed by atoms with van der Waals surface area (Å²) in [5.74, 6) is 0.299. The average Bonchev–Trinajstić information content (AvgIpc) is 3.26. The van der Waals surface area contributed by atoms with Gasteiger partial charge in [-0.2, -0.15) is 10.2 Å². The van der Waals surface area contributed by atoms with Gasteiger partial charge in [0.05, 0.1) is 57.0 Å². The summed E-state index contributed by atoms with van der Waals surface area (Å²) in [4.78, 5) is 27.8. The Kier molecular flexibility index (Phi) is 19.7. The molecule has 0 aliphatic rings. The molecule has 0 saturated carbocycles. The predicted octanol–water partition coefficient (Wildman–Crippen LogP) is 12.7. The molecule has 4 aromatic carbocycles. The van der Waals surface area contributed by atoms with Crippen molar-refractivity contribution in [2.75, 3.05) is 52.5 Å². The van der Waals surface area contributed by atoms with Crippen molar-refractivity contribution < 1.29 is 33.3 Å². The van der Waals surface area contributed by atoms with E-state index in [4.69, 9.17) is 23.7 Å². The first kappa shape index (κ1) is 44.9. The summed E-state index contributed by atoms with van der Waals surface area (Å²) in [5, 5.41) is 17.5. The fourth-order valence-corrected chi connectivity index (χ4v) is 6.26. The number of esters is 2. The molecule has 0 aliphatic carbocycles. The molecule has 12 heteroatoms. The highest BCUT2D eigenvalue weighted by atomic mass is 16.5. The first-order chi connectivity index (χ1) is 28.4. The van der Waals surface area contributed by atoms with E-state index in [9.17, 15) is 9.59 Å². The number of hydrogen-bond acceptors (Lipinski definition) is 12. The molecule has 310 valence electrons. The lowest BCUT2D eigenvalue weighted by Crippen LogP contribution is -2.29. The summed E-state index contributed by atoms with van der Waals surface area (Å²) < 4.78 is 27.7. The van der Waals surface area contributed by atoms with Gasteiger partial charge in [-0.15, -0.1) is 10.2 Å². The van der Waals surface area contributed by atoms with Crippen LogP contribution in [0.2, 0.25) is 0 Å². The van der Waals surface area contributed by atoms with E-state index >= 15 is 0 Å². The Morgan fingerprint density at radius 3 is 1.66 bits per heavy atom. The fraction of sp³-hybridized carbons (Fsp3) is 0.435. The third-order valence-corrected chi connectivity index (χ3v) is 9.42. The van der Waals surface area contributed by atoms with Gasteiger partial charge < -0.3 is 28.6 Å². The zero-order valence-electron chi connectivity index (χ0n) is 34.8. The van der Waals surface area contributed by atoms with Crippen molar-refractivity contribution in [2.24, 2.45) is 20.5 Å². The minimum Gasteiger partial charge on any atom is -0.494 e. The number of carbonyl (C=O) groups excluding carboxylic acids is 2. The molecule has 0 aromatic heterocycles. The van der Waals surface area contributed by atoms with Crippen molar-refractivity contribution in [2.45, 2.75) is 84.5 Å². The second kappa shape index (κ2) is 25.5. The Labute approximate surface area is 343 Å². The summed E-state index contributed by atoms with van der Waals surface area (Å²) in [5.41, 5.74) is 3.73. The number of rotatable bonds is 26. The first-order valence-corrected chi connectivity index (χ1v) is 20.4. The van der Waals surface area contributed by atoms with Crippen LogP contribution >= 0.6 is 0 Å². The van der Waals surface area contributed by atoms with E-state index in [2.05, 4.69) is 39.2 Å². The van der Waals surface area contributed by atoms with E-state index in [0.717, 1.165) is 31.5 Å². The molecule has 0 atom stereocenters. The number of azo groups is 2. The van der Waals surface area contributed by atoms with Crippen LogP contribution in [0, 0.1) is 0 Å². The van der Waals surface area contributed by atoms with Crippen molar-refractivity contribution >= 4 is 40.4 Å². The second-order valence-electron chi connectivity index (χ2n) is 13.8. The van der Waals surface area contributed by atoms with Crippen LogP contribution in [0.25, 0.3) is 0 Å². The van der Waals surface area contributed by atoms with Crippen molar-refractivity contribution in [1.82, 2.24) is 0 Å². The lowest BCUT2D eigenvalue weighted by molar-refractivity contribution is 0.0514. The summed E-state index contributed by atoms with van der Waals surface area (Å²) in [7, 11) is 4.42. The third-order valence-electron chi connectivity index (χ3n) is 9.42. The molecule has 0 spiro atoms. The molecule has 0 N–H and O–H groups in total. The Morgan fingerprint density at radius 2 is 1.10 bits per heavy atom. The summed E-state index contributed by atoms with van der Waals surface area (Å²) in [6.07, 6.45) is 13.1. The second-order valence-corrected chi connectivity index (χ2v) is 13.8. The quantitative estimate of drug-likeness (QED) is 0.0348. The molecule has 0 bridgehead atoms. The van der Waals surface area contributed by atoms with Crippen LogP contribution in [0.1, 0.15) is 105 Å². The minimum atomic E-state index is -0.547. The van der Waals surface area contributed by atoms with E-state index in [0.29, 0.717) is 53.1 Å². The number of anilines is 1. The van der Waals surface area contributed by atoms with Gasteiger partial charge in [-0.05, 0) is 67.4 Å². The van der Waals surface area contributed by atoms with Gasteiger partial charge in [0.1, 0.15) is 35.2 Å². The van der Waals surface area contributed by atoms with Gasteiger partial charge in [0.15, 0.2) is 0 Å². The summed E-state index contributed by atoms with van der Waals surface area (Å²) in [6, 6.07) is 25.2. The van der Waals surface area contributed by atoms with E-state index in [-0.39, 0.29) is 17.7 Å². The number of carbonyl (C=O) groups is 2. The van der Waals surface area contributed by atoms with Gasteiger partial charge in [0.2, 0.25) is 0 Å². The van der Waals surface area contributed by atoms with Crippen LogP contribution in [0.3, 0.4) is 0 Å². The van der Waals surface area contributed by atoms with Gasteiger partial charge in [-0.1, -0.05) is 89.8 Å². The van der Waals surface area contributed by atoms with Crippen LogP contribution in [0.15, 0.2) is 105 Å². The van der Waals surface area contributed by atoms with Crippen LogP contribution in [0.5, 0.6) is 17.2 Å². The lowest BCUT2D eigenvalue weighted by atomic mass is 10.1. The van der Waals surface area contributed by atoms with E-state index < -0.39 is 11.9 Å². The van der Waals surface area contributed by atoms with E-state index in [1.54, 1.807) is 38.5 Å². The normalized spacial score (nSPS) is 11.2. The Balaban J connectivity index is 1.32. The highest BCUT2D eigenvalue weighted by molar-refractivity contribution is 5.96. The van der Waals surface area contributed by atoms with E-state index in [1.807, 2.05) is 54.6 Å². The molecular formula is C46H59N5O7.